The second kappa shape index (κ2) is 8.05. The van der Waals surface area contributed by atoms with Crippen LogP contribution in [0.25, 0.3) is 10.9 Å². The fourth-order valence-electron chi connectivity index (χ4n) is 3.65. The van der Waals surface area contributed by atoms with Crippen molar-refractivity contribution < 1.29 is 17.9 Å². The Bertz CT molecular complexity index is 1180. The molecule has 1 aliphatic heterocycles. The van der Waals surface area contributed by atoms with E-state index in [2.05, 4.69) is 21.5 Å². The minimum atomic E-state index is -4.55. The van der Waals surface area contributed by atoms with E-state index >= 15 is 0 Å². The molecule has 31 heavy (non-hydrogen) atoms. The summed E-state index contributed by atoms with van der Waals surface area (Å²) in [6.45, 7) is 0.761. The van der Waals surface area contributed by atoms with Crippen LogP contribution < -0.4 is 16.6 Å². The van der Waals surface area contributed by atoms with Gasteiger partial charge in [-0.05, 0) is 30.2 Å². The van der Waals surface area contributed by atoms with E-state index in [4.69, 9.17) is 10.5 Å². The largest absolute Gasteiger partial charge is 0.407 e. The molecule has 3 atom stereocenters. The van der Waals surface area contributed by atoms with Crippen molar-refractivity contribution in [3.05, 3.63) is 52.4 Å². The molecule has 1 fully saturated rings. The van der Waals surface area contributed by atoms with Gasteiger partial charge in [0.15, 0.2) is 5.82 Å². The second-order valence-corrected chi connectivity index (χ2v) is 7.29. The molecule has 1 aromatic carbocycles. The molecule has 0 aliphatic carbocycles. The normalized spacial score (nSPS) is 20.4. The minimum Gasteiger partial charge on any atom is -0.379 e. The molecule has 8 nitrogen and oxygen atoms in total. The van der Waals surface area contributed by atoms with Crippen LogP contribution in [0.2, 0.25) is 0 Å². The number of nitriles is 1. The number of hydrogen-bond acceptors (Lipinski definition) is 6. The highest BCUT2D eigenvalue weighted by molar-refractivity contribution is 5.91. The zero-order chi connectivity index (χ0) is 22.2. The first-order valence-electron chi connectivity index (χ1n) is 9.56. The Hall–Kier alpha value is -3.36. The topological polar surface area (TPSA) is 122 Å². The third-order valence-corrected chi connectivity index (χ3v) is 5.32. The molecule has 3 aromatic rings. The first kappa shape index (κ1) is 20.9. The van der Waals surface area contributed by atoms with Crippen molar-refractivity contribution in [1.82, 2.24) is 14.8 Å². The van der Waals surface area contributed by atoms with E-state index in [-0.39, 0.29) is 40.9 Å². The Morgan fingerprint density at radius 1 is 1.32 bits per heavy atom. The molecular weight excluding hydrogens is 413 g/mol. The van der Waals surface area contributed by atoms with Crippen LogP contribution in [0.15, 0.2) is 41.3 Å². The molecule has 2 unspecified atom stereocenters. The Morgan fingerprint density at radius 3 is 2.74 bits per heavy atom. The van der Waals surface area contributed by atoms with Crippen molar-refractivity contribution in [1.29, 1.82) is 5.26 Å². The van der Waals surface area contributed by atoms with Gasteiger partial charge in [-0.25, -0.2) is 0 Å². The maximum Gasteiger partial charge on any atom is 0.407 e. The molecule has 0 bridgehead atoms. The lowest BCUT2D eigenvalue weighted by Crippen LogP contribution is -2.30. The molecule has 1 aliphatic rings. The second-order valence-electron chi connectivity index (χ2n) is 7.29. The van der Waals surface area contributed by atoms with Gasteiger partial charge in [-0.3, -0.25) is 9.48 Å². The monoisotopic (exact) mass is 432 g/mol. The fourth-order valence-corrected chi connectivity index (χ4v) is 3.65. The lowest BCUT2D eigenvalue weighted by molar-refractivity contribution is -0.149. The van der Waals surface area contributed by atoms with Gasteiger partial charge in [-0.2, -0.15) is 23.5 Å². The van der Waals surface area contributed by atoms with Crippen LogP contribution in [-0.4, -0.2) is 34.2 Å². The van der Waals surface area contributed by atoms with Crippen LogP contribution in [-0.2, 0) is 4.74 Å². The molecule has 1 saturated heterocycles. The van der Waals surface area contributed by atoms with Crippen molar-refractivity contribution in [2.75, 3.05) is 18.5 Å². The minimum absolute atomic E-state index is 0.0810. The molecule has 2 aromatic heterocycles. The summed E-state index contributed by atoms with van der Waals surface area (Å²) < 4.78 is 45.6. The molecule has 11 heteroatoms. The third-order valence-electron chi connectivity index (χ3n) is 5.32. The van der Waals surface area contributed by atoms with Crippen LogP contribution >= 0.6 is 0 Å². The van der Waals surface area contributed by atoms with E-state index in [1.807, 2.05) is 0 Å². The predicted molar refractivity (Wildman–Crippen MR) is 107 cm³/mol. The van der Waals surface area contributed by atoms with E-state index in [1.165, 1.54) is 30.5 Å². The quantitative estimate of drug-likeness (QED) is 0.582. The van der Waals surface area contributed by atoms with Crippen LogP contribution in [0, 0.1) is 17.2 Å². The van der Waals surface area contributed by atoms with Crippen molar-refractivity contribution >= 4 is 22.4 Å². The van der Waals surface area contributed by atoms with E-state index < -0.39 is 12.2 Å². The highest BCUT2D eigenvalue weighted by Gasteiger charge is 2.37. The summed E-state index contributed by atoms with van der Waals surface area (Å²) in [6, 6.07) is 6.91. The summed E-state index contributed by atoms with van der Waals surface area (Å²) in [4.78, 5) is 15.1. The molecule has 4 N–H and O–H groups in total. The van der Waals surface area contributed by atoms with Crippen LogP contribution in [0.1, 0.15) is 24.1 Å². The number of anilines is 2. The van der Waals surface area contributed by atoms with Gasteiger partial charge in [0.05, 0.1) is 30.2 Å². The van der Waals surface area contributed by atoms with Gasteiger partial charge in [-0.1, -0.05) is 12.1 Å². The number of pyridine rings is 1. The smallest absolute Gasteiger partial charge is 0.379 e. The summed E-state index contributed by atoms with van der Waals surface area (Å²) in [6.07, 6.45) is -2.50. The number of aromatic amines is 1. The van der Waals surface area contributed by atoms with Gasteiger partial charge < -0.3 is 20.8 Å². The van der Waals surface area contributed by atoms with Gasteiger partial charge in [0.1, 0.15) is 11.4 Å². The number of aromatic nitrogens is 3. The van der Waals surface area contributed by atoms with Crippen molar-refractivity contribution in [3.8, 4) is 6.07 Å². The highest BCUT2D eigenvalue weighted by atomic mass is 19.4. The average Bonchev–Trinajstić information content (AvgIpc) is 3.12. The van der Waals surface area contributed by atoms with Gasteiger partial charge in [0.2, 0.25) is 0 Å². The number of fused-ring (bicyclic) bond motifs is 1. The number of rotatable bonds is 4. The van der Waals surface area contributed by atoms with E-state index in [0.29, 0.717) is 24.2 Å². The zero-order valence-electron chi connectivity index (χ0n) is 16.2. The summed E-state index contributed by atoms with van der Waals surface area (Å²) >= 11 is 0. The molecule has 0 radical (unpaired) electrons. The first-order valence-corrected chi connectivity index (χ1v) is 9.56. The first-order chi connectivity index (χ1) is 14.8. The van der Waals surface area contributed by atoms with Crippen molar-refractivity contribution in [2.45, 2.75) is 24.7 Å². The molecule has 3 heterocycles. The molecule has 162 valence electrons. The average molecular weight is 432 g/mol. The van der Waals surface area contributed by atoms with Crippen LogP contribution in [0.4, 0.5) is 24.7 Å². The van der Waals surface area contributed by atoms with Gasteiger partial charge in [0, 0.05) is 18.5 Å². The molecular formula is C20H19F3N6O2. The number of benzene rings is 1. The van der Waals surface area contributed by atoms with Crippen LogP contribution in [0.3, 0.4) is 0 Å². The van der Waals surface area contributed by atoms with Gasteiger partial charge in [-0.15, -0.1) is 0 Å². The summed E-state index contributed by atoms with van der Waals surface area (Å²) in [5.41, 5.74) is 5.73. The van der Waals surface area contributed by atoms with Crippen molar-refractivity contribution in [2.24, 2.45) is 11.7 Å². The fraction of sp³-hybridized carbons (Fsp3) is 0.350. The van der Waals surface area contributed by atoms with E-state index in [1.54, 1.807) is 10.7 Å². The molecule has 0 saturated carbocycles. The SMILES string of the molecule is N#C[C@H]1CCOCC1n1nc(Nc2ccc(C(N)C(F)(F)F)cc2)c2c(=O)[nH]ccc21. The Labute approximate surface area is 174 Å². The number of ether oxygens (including phenoxy) is 1. The summed E-state index contributed by atoms with van der Waals surface area (Å²) in [5, 5.41) is 17.3. The number of nitrogens with zero attached hydrogens (tertiary/aromatic N) is 3. The standard InChI is InChI=1S/C20H19F3N6O2/c21-20(22,23)17(25)11-1-3-13(4-2-11)27-18-16-14(5-7-26-19(16)30)29(28-18)15-10-31-8-6-12(15)9-24/h1-5,7,12,15,17H,6,8,10,25H2,(H,26,30)(H,27,28)/t12-,15?,17?/m1/s1. The van der Waals surface area contributed by atoms with E-state index in [9.17, 15) is 23.2 Å². The lowest BCUT2D eigenvalue weighted by Gasteiger charge is -2.27. The van der Waals surface area contributed by atoms with Gasteiger partial charge >= 0.3 is 6.18 Å². The number of halogens is 3. The molecule has 0 amide bonds. The number of H-pyrrole nitrogens is 1. The third kappa shape index (κ3) is 3.99. The number of alkyl halides is 3. The summed E-state index contributed by atoms with van der Waals surface area (Å²) in [5.74, 6) is -0.0980. The Balaban J connectivity index is 1.70. The number of hydrogen-bond donors (Lipinski definition) is 3. The maximum absolute atomic E-state index is 12.8. The highest BCUT2D eigenvalue weighted by Crippen LogP contribution is 2.33. The zero-order valence-corrected chi connectivity index (χ0v) is 16.2. The van der Waals surface area contributed by atoms with E-state index in [0.717, 1.165) is 0 Å². The Kier molecular flexibility index (Phi) is 5.43. The Morgan fingerprint density at radius 2 is 2.06 bits per heavy atom. The molecule has 0 spiro atoms. The predicted octanol–water partition coefficient (Wildman–Crippen LogP) is 3.13. The lowest BCUT2D eigenvalue weighted by atomic mass is 9.96. The number of nitrogens with two attached hydrogens (primary N) is 1. The van der Waals surface area contributed by atoms with Gasteiger partial charge in [0.25, 0.3) is 5.56 Å². The number of nitrogens with one attached hydrogen (secondary N) is 2. The summed E-state index contributed by atoms with van der Waals surface area (Å²) in [7, 11) is 0. The van der Waals surface area contributed by atoms with Crippen molar-refractivity contribution in [3.63, 3.8) is 0 Å². The maximum atomic E-state index is 12.8. The molecule has 4 rings (SSSR count). The van der Waals surface area contributed by atoms with Crippen LogP contribution in [0.5, 0.6) is 0 Å².